The lowest BCUT2D eigenvalue weighted by Gasteiger charge is -2.19. The molecule has 1 heterocycles. The van der Waals surface area contributed by atoms with Crippen molar-refractivity contribution in [1.82, 2.24) is 14.8 Å². The van der Waals surface area contributed by atoms with Crippen LogP contribution < -0.4 is 14.8 Å². The quantitative estimate of drug-likeness (QED) is 0.258. The van der Waals surface area contributed by atoms with Crippen LogP contribution in [0, 0.1) is 10.1 Å². The number of hydrogen-bond donors (Lipinski definition) is 1. The molecule has 11 heteroatoms. The average Bonchev–Trinajstić information content (AvgIpc) is 3.23. The van der Waals surface area contributed by atoms with Crippen LogP contribution >= 0.6 is 11.8 Å². The minimum atomic E-state index is -0.490. The normalized spacial score (nSPS) is 11.8. The molecule has 0 bridgehead atoms. The minimum absolute atomic E-state index is 0.0376. The van der Waals surface area contributed by atoms with Crippen LogP contribution in [0.1, 0.15) is 38.7 Å². The van der Waals surface area contributed by atoms with E-state index in [0.717, 1.165) is 0 Å². The number of carbonyl (C=O) groups is 1. The monoisotopic (exact) mass is 471 g/mol. The number of amides is 1. The number of rotatable bonds is 10. The first-order valence-corrected chi connectivity index (χ1v) is 11.2. The first kappa shape index (κ1) is 24.1. The maximum atomic E-state index is 12.4. The molecule has 3 aromatic rings. The maximum absolute atomic E-state index is 12.4. The Morgan fingerprint density at radius 2 is 1.79 bits per heavy atom. The highest BCUT2D eigenvalue weighted by Gasteiger charge is 2.23. The predicted octanol–water partition coefficient (Wildman–Crippen LogP) is 4.65. The number of thioether (sulfide) groups is 1. The maximum Gasteiger partial charge on any atom is 0.269 e. The molecule has 10 nitrogen and oxygen atoms in total. The molecule has 0 radical (unpaired) electrons. The van der Waals surface area contributed by atoms with Gasteiger partial charge in [0.25, 0.3) is 5.69 Å². The number of aromatic nitrogens is 3. The third kappa shape index (κ3) is 6.01. The number of nitrogens with one attached hydrogen (secondary N) is 1. The molecule has 0 aliphatic carbocycles. The molecule has 33 heavy (non-hydrogen) atoms. The molecule has 0 saturated carbocycles. The van der Waals surface area contributed by atoms with E-state index in [1.807, 2.05) is 49.6 Å². The largest absolute Gasteiger partial charge is 0.493 e. The molecule has 1 aromatic heterocycles. The SMILES string of the molecule is COc1ccccc1OC(C)c1nnc(SCC(=O)Nc2ccc([N+](=O)[O-])cc2)n1C(C)C. The van der Waals surface area contributed by atoms with E-state index in [9.17, 15) is 14.9 Å². The Balaban J connectivity index is 1.67. The van der Waals surface area contributed by atoms with Crippen LogP contribution in [0.15, 0.2) is 53.7 Å². The number of ether oxygens (including phenoxy) is 2. The number of para-hydroxylation sites is 2. The van der Waals surface area contributed by atoms with Crippen LogP contribution in [0.2, 0.25) is 0 Å². The molecule has 1 amide bonds. The summed E-state index contributed by atoms with van der Waals surface area (Å²) >= 11 is 1.25. The van der Waals surface area contributed by atoms with Gasteiger partial charge in [-0.05, 0) is 45.0 Å². The Kier molecular flexibility index (Phi) is 7.88. The van der Waals surface area contributed by atoms with Gasteiger partial charge in [-0.2, -0.15) is 0 Å². The van der Waals surface area contributed by atoms with Crippen molar-refractivity contribution in [2.75, 3.05) is 18.2 Å². The third-order valence-electron chi connectivity index (χ3n) is 4.64. The Labute approximate surface area is 195 Å². The zero-order valence-corrected chi connectivity index (χ0v) is 19.5. The molecule has 3 rings (SSSR count). The van der Waals surface area contributed by atoms with Crippen LogP contribution in [0.3, 0.4) is 0 Å². The summed E-state index contributed by atoms with van der Waals surface area (Å²) in [6, 6.07) is 13.1. The Morgan fingerprint density at radius 3 is 2.39 bits per heavy atom. The van der Waals surface area contributed by atoms with Crippen molar-refractivity contribution in [3.8, 4) is 11.5 Å². The Hall–Kier alpha value is -3.60. The smallest absolute Gasteiger partial charge is 0.269 e. The molecule has 0 fully saturated rings. The van der Waals surface area contributed by atoms with Gasteiger partial charge in [-0.15, -0.1) is 10.2 Å². The summed E-state index contributed by atoms with van der Waals surface area (Å²) in [5.74, 6) is 1.70. The van der Waals surface area contributed by atoms with Crippen molar-refractivity contribution in [3.05, 3.63) is 64.5 Å². The molecule has 1 unspecified atom stereocenters. The molecular formula is C22H25N5O5S. The number of non-ortho nitro benzene ring substituents is 1. The van der Waals surface area contributed by atoms with Crippen molar-refractivity contribution >= 4 is 29.0 Å². The first-order chi connectivity index (χ1) is 15.8. The number of carbonyl (C=O) groups excluding carboxylic acids is 1. The van der Waals surface area contributed by atoms with Gasteiger partial charge < -0.3 is 19.4 Å². The lowest BCUT2D eigenvalue weighted by atomic mass is 10.3. The van der Waals surface area contributed by atoms with Crippen molar-refractivity contribution in [1.29, 1.82) is 0 Å². The van der Waals surface area contributed by atoms with Gasteiger partial charge in [0.15, 0.2) is 28.6 Å². The van der Waals surface area contributed by atoms with E-state index in [-0.39, 0.29) is 23.4 Å². The van der Waals surface area contributed by atoms with Crippen LogP contribution in [-0.4, -0.2) is 38.5 Å². The summed E-state index contributed by atoms with van der Waals surface area (Å²) < 4.78 is 13.4. The Morgan fingerprint density at radius 1 is 1.12 bits per heavy atom. The number of anilines is 1. The molecule has 0 aliphatic rings. The third-order valence-corrected chi connectivity index (χ3v) is 5.58. The van der Waals surface area contributed by atoms with E-state index in [1.54, 1.807) is 7.11 Å². The number of nitro benzene ring substituents is 1. The number of nitrogens with zero attached hydrogens (tertiary/aromatic N) is 4. The van der Waals surface area contributed by atoms with Gasteiger partial charge in [-0.3, -0.25) is 14.9 Å². The summed E-state index contributed by atoms with van der Waals surface area (Å²) in [5, 5.41) is 22.6. The van der Waals surface area contributed by atoms with Crippen LogP contribution in [-0.2, 0) is 4.79 Å². The average molecular weight is 472 g/mol. The van der Waals surface area contributed by atoms with E-state index >= 15 is 0 Å². The second-order valence-corrected chi connectivity index (χ2v) is 8.30. The summed E-state index contributed by atoms with van der Waals surface area (Å²) in [6.45, 7) is 5.89. The molecule has 1 atom stereocenters. The summed E-state index contributed by atoms with van der Waals surface area (Å²) in [4.78, 5) is 22.6. The van der Waals surface area contributed by atoms with E-state index < -0.39 is 11.0 Å². The highest BCUT2D eigenvalue weighted by molar-refractivity contribution is 7.99. The zero-order chi connectivity index (χ0) is 24.0. The topological polar surface area (TPSA) is 121 Å². The van der Waals surface area contributed by atoms with Gasteiger partial charge in [0.1, 0.15) is 0 Å². The van der Waals surface area contributed by atoms with Gasteiger partial charge in [-0.25, -0.2) is 0 Å². The second kappa shape index (κ2) is 10.8. The Bertz CT molecular complexity index is 1120. The highest BCUT2D eigenvalue weighted by atomic mass is 32.2. The fraction of sp³-hybridized carbons (Fsp3) is 0.318. The lowest BCUT2D eigenvalue weighted by Crippen LogP contribution is -2.16. The molecule has 1 N–H and O–H groups in total. The zero-order valence-electron chi connectivity index (χ0n) is 18.7. The highest BCUT2D eigenvalue weighted by Crippen LogP contribution is 2.32. The van der Waals surface area contributed by atoms with E-state index in [4.69, 9.17) is 9.47 Å². The molecule has 174 valence electrons. The lowest BCUT2D eigenvalue weighted by molar-refractivity contribution is -0.384. The van der Waals surface area contributed by atoms with Gasteiger partial charge in [0.05, 0.1) is 17.8 Å². The number of methoxy groups -OCH3 is 1. The van der Waals surface area contributed by atoms with E-state index in [2.05, 4.69) is 15.5 Å². The molecular weight excluding hydrogens is 446 g/mol. The van der Waals surface area contributed by atoms with Gasteiger partial charge in [0, 0.05) is 23.9 Å². The number of hydrogen-bond acceptors (Lipinski definition) is 8. The van der Waals surface area contributed by atoms with Gasteiger partial charge >= 0.3 is 0 Å². The van der Waals surface area contributed by atoms with Gasteiger partial charge in [-0.1, -0.05) is 23.9 Å². The fourth-order valence-electron chi connectivity index (χ4n) is 3.10. The van der Waals surface area contributed by atoms with Crippen LogP contribution in [0.25, 0.3) is 0 Å². The fourth-order valence-corrected chi connectivity index (χ4v) is 3.98. The molecule has 0 aliphatic heterocycles. The van der Waals surface area contributed by atoms with Crippen LogP contribution in [0.5, 0.6) is 11.5 Å². The van der Waals surface area contributed by atoms with E-state index in [1.165, 1.54) is 36.0 Å². The minimum Gasteiger partial charge on any atom is -0.493 e. The molecule has 0 spiro atoms. The predicted molar refractivity (Wildman–Crippen MR) is 125 cm³/mol. The van der Waals surface area contributed by atoms with Crippen molar-refractivity contribution in [2.24, 2.45) is 0 Å². The summed E-state index contributed by atoms with van der Waals surface area (Å²) in [7, 11) is 1.58. The molecule has 2 aromatic carbocycles. The summed E-state index contributed by atoms with van der Waals surface area (Å²) in [5.41, 5.74) is 0.445. The standard InChI is InChI=1S/C22H25N5O5S/c1-14(2)26-21(15(3)32-19-8-6-5-7-18(19)31-4)24-25-22(26)33-13-20(28)23-16-9-11-17(12-10-16)27(29)30/h5-12,14-15H,13H2,1-4H3,(H,23,28). The second-order valence-electron chi connectivity index (χ2n) is 7.36. The van der Waals surface area contributed by atoms with Crippen molar-refractivity contribution < 1.29 is 19.2 Å². The number of benzene rings is 2. The molecule has 0 saturated heterocycles. The number of nitro groups is 1. The van der Waals surface area contributed by atoms with Crippen molar-refractivity contribution in [3.63, 3.8) is 0 Å². The first-order valence-electron chi connectivity index (χ1n) is 10.2. The van der Waals surface area contributed by atoms with Crippen molar-refractivity contribution in [2.45, 2.75) is 38.1 Å². The summed E-state index contributed by atoms with van der Waals surface area (Å²) in [6.07, 6.45) is -0.403. The van der Waals surface area contributed by atoms with Gasteiger partial charge in [0.2, 0.25) is 5.91 Å². The van der Waals surface area contributed by atoms with E-state index in [0.29, 0.717) is 28.2 Å². The van der Waals surface area contributed by atoms with Crippen LogP contribution in [0.4, 0.5) is 11.4 Å².